The van der Waals surface area contributed by atoms with E-state index in [0.717, 1.165) is 28.4 Å². The van der Waals surface area contributed by atoms with Gasteiger partial charge in [-0.25, -0.2) is 0 Å². The monoisotopic (exact) mass is 694 g/mol. The van der Waals surface area contributed by atoms with Gasteiger partial charge in [0, 0.05) is 16.2 Å². The fourth-order valence-electron chi connectivity index (χ4n) is 12.6. The molecule has 0 radical (unpaired) electrons. The van der Waals surface area contributed by atoms with Gasteiger partial charge < -0.3 is 4.42 Å². The highest BCUT2D eigenvalue weighted by atomic mass is 16.3. The molecule has 13 rings (SSSR count). The third kappa shape index (κ3) is 3.95. The Balaban J connectivity index is 1.15. The molecule has 7 aromatic carbocycles. The molecule has 0 aliphatic heterocycles. The number of para-hydroxylation sites is 1. The lowest BCUT2D eigenvalue weighted by Crippen LogP contribution is -2.55. The van der Waals surface area contributed by atoms with E-state index in [1.165, 1.54) is 104 Å². The second-order valence-corrected chi connectivity index (χ2v) is 16.8. The largest absolute Gasteiger partial charge is 0.456 e. The first-order valence-electron chi connectivity index (χ1n) is 20.1. The molecule has 0 amide bonds. The van der Waals surface area contributed by atoms with Crippen LogP contribution in [0.3, 0.4) is 0 Å². The van der Waals surface area contributed by atoms with Crippen molar-refractivity contribution >= 4 is 55.6 Å². The van der Waals surface area contributed by atoms with E-state index in [4.69, 9.17) is 4.42 Å². The maximum Gasteiger partial charge on any atom is 0.136 e. The normalized spacial score (nSPS) is 23.7. The molecule has 8 aromatic rings. The molecule has 1 nitrogen and oxygen atoms in total. The molecule has 260 valence electrons. The van der Waals surface area contributed by atoms with Crippen LogP contribution in [0, 0.1) is 23.7 Å². The summed E-state index contributed by atoms with van der Waals surface area (Å²) in [5.41, 5.74) is 15.4. The topological polar surface area (TPSA) is 13.1 Å². The number of furan rings is 1. The van der Waals surface area contributed by atoms with Crippen LogP contribution in [0.4, 0.5) is 0 Å². The Morgan fingerprint density at radius 1 is 0.574 bits per heavy atom. The lowest BCUT2D eigenvalue weighted by molar-refractivity contribution is -0.0398. The summed E-state index contributed by atoms with van der Waals surface area (Å²) in [5.74, 6) is 3.20. The fraction of sp³-hybridized carbons (Fsp3) is 0.208. The van der Waals surface area contributed by atoms with E-state index in [1.807, 2.05) is 0 Å². The lowest BCUT2D eigenvalue weighted by Gasteiger charge is -2.61. The second-order valence-electron chi connectivity index (χ2n) is 16.8. The first-order chi connectivity index (χ1) is 26.6. The van der Waals surface area contributed by atoms with Crippen molar-refractivity contribution in [1.82, 2.24) is 0 Å². The molecule has 1 heterocycles. The zero-order valence-corrected chi connectivity index (χ0v) is 30.7. The van der Waals surface area contributed by atoms with Crippen LogP contribution < -0.4 is 0 Å². The highest BCUT2D eigenvalue weighted by molar-refractivity contribution is 6.19. The second kappa shape index (κ2) is 11.2. The van der Waals surface area contributed by atoms with Gasteiger partial charge in [0.2, 0.25) is 0 Å². The van der Waals surface area contributed by atoms with Gasteiger partial charge in [-0.05, 0) is 170 Å². The third-order valence-electron chi connectivity index (χ3n) is 14.3. The van der Waals surface area contributed by atoms with Crippen LogP contribution in [0.1, 0.15) is 61.3 Å². The van der Waals surface area contributed by atoms with Crippen molar-refractivity contribution in [1.29, 1.82) is 0 Å². The molecule has 1 spiro atoms. The Hall–Kier alpha value is -5.66. The maximum atomic E-state index is 6.43. The minimum atomic E-state index is 0.0757. The number of hydrogen-bond donors (Lipinski definition) is 0. The smallest absolute Gasteiger partial charge is 0.136 e. The molecule has 54 heavy (non-hydrogen) atoms. The van der Waals surface area contributed by atoms with Crippen molar-refractivity contribution in [2.75, 3.05) is 0 Å². The summed E-state index contributed by atoms with van der Waals surface area (Å²) < 4.78 is 6.43. The van der Waals surface area contributed by atoms with E-state index in [1.54, 1.807) is 11.1 Å². The summed E-state index contributed by atoms with van der Waals surface area (Å²) in [6.07, 6.45) is 13.6. The number of hydrogen-bond acceptors (Lipinski definition) is 1. The average molecular weight is 695 g/mol. The number of rotatable bonds is 4. The molecule has 1 aromatic heterocycles. The highest BCUT2D eigenvalue weighted by Crippen LogP contribution is 2.70. The highest BCUT2D eigenvalue weighted by Gasteiger charge is 2.61. The first kappa shape index (κ1) is 30.8. The maximum absolute atomic E-state index is 6.43. The number of allylic oxidation sites excluding steroid dienone is 1. The zero-order valence-electron chi connectivity index (χ0n) is 30.7. The van der Waals surface area contributed by atoms with Gasteiger partial charge in [-0.1, -0.05) is 116 Å². The van der Waals surface area contributed by atoms with E-state index in [-0.39, 0.29) is 5.41 Å². The molecule has 4 fully saturated rings. The molecule has 0 atom stereocenters. The minimum absolute atomic E-state index is 0.0757. The van der Waals surface area contributed by atoms with Gasteiger partial charge in [-0.15, -0.1) is 0 Å². The summed E-state index contributed by atoms with van der Waals surface area (Å²) in [6.45, 7) is 6.66. The Morgan fingerprint density at radius 3 is 1.96 bits per heavy atom. The molecule has 4 saturated carbocycles. The van der Waals surface area contributed by atoms with Crippen LogP contribution in [-0.4, -0.2) is 0 Å². The molecule has 5 aliphatic carbocycles. The lowest BCUT2D eigenvalue weighted by atomic mass is 9.43. The molecular weight excluding hydrogens is 653 g/mol. The van der Waals surface area contributed by atoms with Crippen molar-refractivity contribution in [2.45, 2.75) is 44.4 Å². The van der Waals surface area contributed by atoms with E-state index in [0.29, 0.717) is 11.8 Å². The Morgan fingerprint density at radius 2 is 1.22 bits per heavy atom. The molecular formula is C53H42O. The summed E-state index contributed by atoms with van der Waals surface area (Å²) >= 11 is 0. The van der Waals surface area contributed by atoms with Crippen molar-refractivity contribution in [3.05, 3.63) is 156 Å². The Kier molecular flexibility index (Phi) is 6.37. The molecule has 0 saturated heterocycles. The third-order valence-corrected chi connectivity index (χ3v) is 14.3. The first-order valence-corrected chi connectivity index (χ1v) is 20.1. The van der Waals surface area contributed by atoms with Gasteiger partial charge in [-0.3, -0.25) is 0 Å². The zero-order chi connectivity index (χ0) is 35.7. The van der Waals surface area contributed by atoms with Gasteiger partial charge in [-0.2, -0.15) is 0 Å². The summed E-state index contributed by atoms with van der Waals surface area (Å²) in [5, 5.41) is 7.56. The van der Waals surface area contributed by atoms with Crippen LogP contribution >= 0.6 is 0 Å². The number of benzene rings is 7. The Labute approximate surface area is 316 Å². The van der Waals surface area contributed by atoms with Crippen molar-refractivity contribution in [3.8, 4) is 33.4 Å². The minimum Gasteiger partial charge on any atom is -0.456 e. The van der Waals surface area contributed by atoms with E-state index >= 15 is 0 Å². The predicted molar refractivity (Wildman–Crippen MR) is 228 cm³/mol. The van der Waals surface area contributed by atoms with Crippen LogP contribution in [0.2, 0.25) is 0 Å². The van der Waals surface area contributed by atoms with Crippen LogP contribution in [-0.2, 0) is 5.41 Å². The summed E-state index contributed by atoms with van der Waals surface area (Å²) in [6, 6.07) is 45.7. The molecule has 5 aliphatic rings. The van der Waals surface area contributed by atoms with Crippen LogP contribution in [0.15, 0.2) is 138 Å². The van der Waals surface area contributed by atoms with Gasteiger partial charge in [0.25, 0.3) is 0 Å². The van der Waals surface area contributed by atoms with Crippen molar-refractivity contribution < 1.29 is 4.42 Å². The van der Waals surface area contributed by atoms with Crippen molar-refractivity contribution in [2.24, 2.45) is 23.7 Å². The van der Waals surface area contributed by atoms with E-state index < -0.39 is 0 Å². The Bertz CT molecular complexity index is 2900. The van der Waals surface area contributed by atoms with Gasteiger partial charge in [0.1, 0.15) is 11.2 Å². The standard InChI is InChI=1S/C53H42O/c1-3-12-40-38(4-2)50(41-15-7-8-16-42(41)51(40)44-18-11-20-49-52(44)43-17-9-10-19-48(43)54-49)35-21-22-39-45-28-33-13-5-6-14-34(33)29-47(45)53(46(39)30-35)36-24-31-23-32(26-36)27-37(53)25-31/h3-22,28-32,36-37H,2,23-27H2,1H3/b12-3-. The van der Waals surface area contributed by atoms with Crippen molar-refractivity contribution in [3.63, 3.8) is 0 Å². The molecule has 4 bridgehead atoms. The van der Waals surface area contributed by atoms with E-state index in [9.17, 15) is 0 Å². The van der Waals surface area contributed by atoms with Gasteiger partial charge >= 0.3 is 0 Å². The summed E-state index contributed by atoms with van der Waals surface area (Å²) in [4.78, 5) is 0. The molecule has 0 unspecified atom stereocenters. The van der Waals surface area contributed by atoms with E-state index in [2.05, 4.69) is 153 Å². The fourth-order valence-corrected chi connectivity index (χ4v) is 12.6. The molecule has 1 heteroatoms. The van der Waals surface area contributed by atoms with Gasteiger partial charge in [0.05, 0.1) is 0 Å². The van der Waals surface area contributed by atoms with Crippen LogP contribution in [0.25, 0.3) is 89.0 Å². The number of fused-ring (bicyclic) bond motifs is 8. The summed E-state index contributed by atoms with van der Waals surface area (Å²) in [7, 11) is 0. The quantitative estimate of drug-likeness (QED) is 0.179. The predicted octanol–water partition coefficient (Wildman–Crippen LogP) is 14.6. The average Bonchev–Trinajstić information content (AvgIpc) is 3.72. The molecule has 0 N–H and O–H groups in total. The van der Waals surface area contributed by atoms with Gasteiger partial charge in [0.15, 0.2) is 0 Å². The SMILES string of the molecule is C=Cc1c(/C=C\C)c(-c2cccc3oc4ccccc4c23)c2ccccc2c1-c1ccc2c(c1)C1(c3cc4ccccc4cc3-2)C2CC3CC(C2)CC1C3. The van der Waals surface area contributed by atoms with Crippen LogP contribution in [0.5, 0.6) is 0 Å².